The predicted molar refractivity (Wildman–Crippen MR) is 54.6 cm³/mol. The van der Waals surface area contributed by atoms with E-state index in [-0.39, 0.29) is 12.3 Å². The summed E-state index contributed by atoms with van der Waals surface area (Å²) in [6.07, 6.45) is 1.21. The zero-order valence-electron chi connectivity index (χ0n) is 7.61. The van der Waals surface area contributed by atoms with Crippen LogP contribution in [0.15, 0.2) is 24.3 Å². The third-order valence-electron chi connectivity index (χ3n) is 2.66. The van der Waals surface area contributed by atoms with Gasteiger partial charge in [0.05, 0.1) is 0 Å². The van der Waals surface area contributed by atoms with Crippen molar-refractivity contribution in [1.29, 1.82) is 0 Å². The molecule has 2 atom stereocenters. The summed E-state index contributed by atoms with van der Waals surface area (Å²) in [6.45, 7) is 0. The van der Waals surface area contributed by atoms with Crippen LogP contribution in [0.25, 0.3) is 0 Å². The lowest BCUT2D eigenvalue weighted by atomic mass is 10.1. The number of halogens is 1. The van der Waals surface area contributed by atoms with E-state index < -0.39 is 5.97 Å². The molecule has 0 radical (unpaired) electrons. The summed E-state index contributed by atoms with van der Waals surface area (Å²) in [5, 5.41) is 9.38. The van der Waals surface area contributed by atoms with Crippen molar-refractivity contribution in [2.24, 2.45) is 5.92 Å². The normalized spacial score (nSPS) is 24.6. The molecule has 0 heterocycles. The number of carboxylic acid groups (broad SMARTS) is 1. The minimum Gasteiger partial charge on any atom is -0.481 e. The Morgan fingerprint density at radius 3 is 2.86 bits per heavy atom. The van der Waals surface area contributed by atoms with Crippen molar-refractivity contribution in [3.63, 3.8) is 0 Å². The van der Waals surface area contributed by atoms with E-state index >= 15 is 0 Å². The summed E-state index contributed by atoms with van der Waals surface area (Å²) in [4.78, 5) is 10.5. The summed E-state index contributed by atoms with van der Waals surface area (Å²) in [5.74, 6) is -0.0725. The molecule has 1 aromatic carbocycles. The summed E-state index contributed by atoms with van der Waals surface area (Å²) in [5.41, 5.74) is 1.10. The van der Waals surface area contributed by atoms with Gasteiger partial charge in [-0.3, -0.25) is 4.79 Å². The molecule has 0 amide bonds. The van der Waals surface area contributed by atoms with E-state index in [9.17, 15) is 4.79 Å². The average Bonchev–Trinajstić information content (AvgIpc) is 2.83. The third-order valence-corrected chi connectivity index (χ3v) is 3.01. The smallest absolute Gasteiger partial charge is 0.303 e. The van der Waals surface area contributed by atoms with E-state index in [1.165, 1.54) is 0 Å². The van der Waals surface area contributed by atoms with E-state index in [0.717, 1.165) is 17.0 Å². The Bertz CT molecular complexity index is 362. The van der Waals surface area contributed by atoms with Crippen molar-refractivity contribution in [3.05, 3.63) is 34.9 Å². The molecule has 1 N–H and O–H groups in total. The van der Waals surface area contributed by atoms with Gasteiger partial charge < -0.3 is 5.11 Å². The molecule has 0 bridgehead atoms. The van der Waals surface area contributed by atoms with Crippen LogP contribution in [-0.2, 0) is 4.79 Å². The van der Waals surface area contributed by atoms with Crippen LogP contribution in [0.2, 0.25) is 5.02 Å². The van der Waals surface area contributed by atoms with E-state index in [4.69, 9.17) is 16.7 Å². The quantitative estimate of drug-likeness (QED) is 0.833. The Labute approximate surface area is 87.5 Å². The Kier molecular flexibility index (Phi) is 2.46. The highest BCUT2D eigenvalue weighted by Gasteiger charge is 2.40. The highest BCUT2D eigenvalue weighted by atomic mass is 35.5. The number of carboxylic acids is 1. The molecule has 2 unspecified atom stereocenters. The fraction of sp³-hybridized carbons (Fsp3) is 0.364. The number of aliphatic carboxylic acids is 1. The number of hydrogen-bond acceptors (Lipinski definition) is 1. The Balaban J connectivity index is 2.06. The average molecular weight is 211 g/mol. The van der Waals surface area contributed by atoms with Gasteiger partial charge in [0, 0.05) is 11.4 Å². The first-order valence-corrected chi connectivity index (χ1v) is 5.02. The molecule has 2 nitrogen and oxygen atoms in total. The fourth-order valence-electron chi connectivity index (χ4n) is 1.85. The van der Waals surface area contributed by atoms with Gasteiger partial charge in [-0.25, -0.2) is 0 Å². The second-order valence-corrected chi connectivity index (χ2v) is 4.13. The van der Waals surface area contributed by atoms with Gasteiger partial charge in [0.15, 0.2) is 0 Å². The SMILES string of the molecule is O=C(O)CC1CC1c1ccccc1Cl. The fourth-order valence-corrected chi connectivity index (χ4v) is 2.13. The molecule has 2 rings (SSSR count). The second-order valence-electron chi connectivity index (χ2n) is 3.72. The van der Waals surface area contributed by atoms with E-state index in [1.54, 1.807) is 0 Å². The molecule has 14 heavy (non-hydrogen) atoms. The van der Waals surface area contributed by atoms with Gasteiger partial charge in [0.2, 0.25) is 0 Å². The first-order chi connectivity index (χ1) is 6.68. The molecule has 1 aliphatic rings. The standard InChI is InChI=1S/C11H11ClO2/c12-10-4-2-1-3-8(10)9-5-7(9)6-11(13)14/h1-4,7,9H,5-6H2,(H,13,14). The first kappa shape index (κ1) is 9.53. The molecule has 1 fully saturated rings. The molecule has 74 valence electrons. The molecule has 0 aromatic heterocycles. The van der Waals surface area contributed by atoms with Crippen molar-refractivity contribution in [2.45, 2.75) is 18.8 Å². The maximum absolute atomic E-state index is 10.5. The highest BCUT2D eigenvalue weighted by molar-refractivity contribution is 6.31. The summed E-state index contributed by atoms with van der Waals surface area (Å²) >= 11 is 6.01. The van der Waals surface area contributed by atoms with Crippen LogP contribution in [0.5, 0.6) is 0 Å². The molecule has 3 heteroatoms. The molecule has 0 spiro atoms. The zero-order valence-corrected chi connectivity index (χ0v) is 8.37. The molecule has 1 aliphatic carbocycles. The number of hydrogen-bond donors (Lipinski definition) is 1. The van der Waals surface area contributed by atoms with Gasteiger partial charge in [0.25, 0.3) is 0 Å². The van der Waals surface area contributed by atoms with Gasteiger partial charge >= 0.3 is 5.97 Å². The molecule has 1 aromatic rings. The second kappa shape index (κ2) is 3.62. The van der Waals surface area contributed by atoms with E-state index in [1.807, 2.05) is 24.3 Å². The maximum Gasteiger partial charge on any atom is 0.303 e. The van der Waals surface area contributed by atoms with Gasteiger partial charge in [0.1, 0.15) is 0 Å². The van der Waals surface area contributed by atoms with E-state index in [2.05, 4.69) is 0 Å². The first-order valence-electron chi connectivity index (χ1n) is 4.64. The van der Waals surface area contributed by atoms with Crippen molar-refractivity contribution >= 4 is 17.6 Å². The topological polar surface area (TPSA) is 37.3 Å². The van der Waals surface area contributed by atoms with Crippen LogP contribution < -0.4 is 0 Å². The maximum atomic E-state index is 10.5. The number of rotatable bonds is 3. The summed E-state index contributed by atoms with van der Waals surface area (Å²) in [7, 11) is 0. The number of carbonyl (C=O) groups is 1. The molecule has 1 saturated carbocycles. The van der Waals surface area contributed by atoms with Gasteiger partial charge in [-0.2, -0.15) is 0 Å². The molecule has 0 saturated heterocycles. The minimum atomic E-state index is -0.718. The lowest BCUT2D eigenvalue weighted by Crippen LogP contribution is -1.96. The van der Waals surface area contributed by atoms with Crippen LogP contribution in [0, 0.1) is 5.92 Å². The van der Waals surface area contributed by atoms with Gasteiger partial charge in [-0.1, -0.05) is 29.8 Å². The highest BCUT2D eigenvalue weighted by Crippen LogP contribution is 2.51. The molecular formula is C11H11ClO2. The van der Waals surface area contributed by atoms with Crippen LogP contribution >= 0.6 is 11.6 Å². The lowest BCUT2D eigenvalue weighted by molar-refractivity contribution is -0.137. The predicted octanol–water partition coefficient (Wildman–Crippen LogP) is 2.92. The van der Waals surface area contributed by atoms with Crippen LogP contribution in [-0.4, -0.2) is 11.1 Å². The largest absolute Gasteiger partial charge is 0.481 e. The van der Waals surface area contributed by atoms with Crippen LogP contribution in [0.4, 0.5) is 0 Å². The van der Waals surface area contributed by atoms with Gasteiger partial charge in [-0.05, 0) is 29.9 Å². The molecular weight excluding hydrogens is 200 g/mol. The van der Waals surface area contributed by atoms with E-state index in [0.29, 0.717) is 5.92 Å². The summed E-state index contributed by atoms with van der Waals surface area (Å²) in [6, 6.07) is 7.67. The zero-order chi connectivity index (χ0) is 10.1. The van der Waals surface area contributed by atoms with Crippen molar-refractivity contribution in [3.8, 4) is 0 Å². The Morgan fingerprint density at radius 1 is 1.50 bits per heavy atom. The minimum absolute atomic E-state index is 0.260. The molecule has 0 aliphatic heterocycles. The summed E-state index contributed by atoms with van der Waals surface area (Å²) < 4.78 is 0. The van der Waals surface area contributed by atoms with Crippen molar-refractivity contribution in [2.75, 3.05) is 0 Å². The van der Waals surface area contributed by atoms with Crippen LogP contribution in [0.1, 0.15) is 24.3 Å². The Hall–Kier alpha value is -1.02. The lowest BCUT2D eigenvalue weighted by Gasteiger charge is -2.01. The Morgan fingerprint density at radius 2 is 2.21 bits per heavy atom. The van der Waals surface area contributed by atoms with Crippen molar-refractivity contribution < 1.29 is 9.90 Å². The number of benzene rings is 1. The third kappa shape index (κ3) is 1.90. The van der Waals surface area contributed by atoms with Crippen molar-refractivity contribution in [1.82, 2.24) is 0 Å². The monoisotopic (exact) mass is 210 g/mol. The van der Waals surface area contributed by atoms with Gasteiger partial charge in [-0.15, -0.1) is 0 Å². The van der Waals surface area contributed by atoms with Crippen LogP contribution in [0.3, 0.4) is 0 Å².